The average molecular weight is 341 g/mol. The Bertz CT molecular complexity index is 831. The number of aromatic carboxylic acids is 1. The van der Waals surface area contributed by atoms with Gasteiger partial charge in [0.15, 0.2) is 11.5 Å². The average Bonchev–Trinajstić information content (AvgIpc) is 3.06. The molecule has 2 aromatic rings. The van der Waals surface area contributed by atoms with Crippen molar-refractivity contribution in [2.45, 2.75) is 13.3 Å². The maximum Gasteiger partial charge on any atom is 0.335 e. The van der Waals surface area contributed by atoms with Crippen molar-refractivity contribution in [2.24, 2.45) is 0 Å². The van der Waals surface area contributed by atoms with Crippen molar-refractivity contribution in [3.8, 4) is 11.5 Å². The van der Waals surface area contributed by atoms with E-state index in [4.69, 9.17) is 14.6 Å². The maximum atomic E-state index is 12.6. The van der Waals surface area contributed by atoms with Crippen molar-refractivity contribution < 1.29 is 24.2 Å². The van der Waals surface area contributed by atoms with Gasteiger partial charge in [0.25, 0.3) is 5.91 Å². The number of hydrogen-bond acceptors (Lipinski definition) is 4. The highest BCUT2D eigenvalue weighted by atomic mass is 16.7. The molecule has 6 heteroatoms. The summed E-state index contributed by atoms with van der Waals surface area (Å²) in [7, 11) is 1.74. The van der Waals surface area contributed by atoms with Crippen LogP contribution < -0.4 is 9.47 Å². The highest BCUT2D eigenvalue weighted by Crippen LogP contribution is 2.32. The number of nitrogens with zero attached hydrogens (tertiary/aromatic N) is 1. The Kier molecular flexibility index (Phi) is 4.61. The lowest BCUT2D eigenvalue weighted by molar-refractivity contribution is 0.0695. The van der Waals surface area contributed by atoms with Gasteiger partial charge in [-0.15, -0.1) is 0 Å². The van der Waals surface area contributed by atoms with Gasteiger partial charge in [-0.05, 0) is 54.8 Å². The molecule has 25 heavy (non-hydrogen) atoms. The Morgan fingerprint density at radius 3 is 2.60 bits per heavy atom. The second-order valence-electron chi connectivity index (χ2n) is 6.00. The molecule has 0 saturated carbocycles. The number of aryl methyl sites for hydroxylation is 1. The minimum absolute atomic E-state index is 0.129. The summed E-state index contributed by atoms with van der Waals surface area (Å²) in [6.07, 6.45) is 0.686. The van der Waals surface area contributed by atoms with Crippen molar-refractivity contribution >= 4 is 11.9 Å². The molecule has 2 aromatic carbocycles. The zero-order valence-corrected chi connectivity index (χ0v) is 14.1. The molecule has 0 atom stereocenters. The van der Waals surface area contributed by atoms with Crippen LogP contribution in [0.2, 0.25) is 0 Å². The molecule has 3 rings (SSSR count). The largest absolute Gasteiger partial charge is 0.478 e. The molecule has 1 aliphatic rings. The fourth-order valence-corrected chi connectivity index (χ4v) is 2.74. The number of fused-ring (bicyclic) bond motifs is 1. The van der Waals surface area contributed by atoms with Crippen LogP contribution in [0.15, 0.2) is 36.4 Å². The van der Waals surface area contributed by atoms with Crippen LogP contribution in [0.25, 0.3) is 0 Å². The molecule has 1 aliphatic heterocycles. The normalized spacial score (nSPS) is 12.1. The fourth-order valence-electron chi connectivity index (χ4n) is 2.74. The van der Waals surface area contributed by atoms with Crippen LogP contribution in [0, 0.1) is 6.92 Å². The summed E-state index contributed by atoms with van der Waals surface area (Å²) in [4.78, 5) is 25.2. The molecular weight excluding hydrogens is 322 g/mol. The van der Waals surface area contributed by atoms with Crippen LogP contribution in [0.4, 0.5) is 0 Å². The molecule has 6 nitrogen and oxygen atoms in total. The van der Waals surface area contributed by atoms with Gasteiger partial charge in [0.05, 0.1) is 5.56 Å². The van der Waals surface area contributed by atoms with Gasteiger partial charge in [-0.3, -0.25) is 4.79 Å². The first-order valence-electron chi connectivity index (χ1n) is 7.93. The molecular formula is C19H19NO5. The van der Waals surface area contributed by atoms with E-state index in [-0.39, 0.29) is 18.3 Å². The van der Waals surface area contributed by atoms with Crippen LogP contribution in [0.1, 0.15) is 31.8 Å². The third-order valence-corrected chi connectivity index (χ3v) is 4.22. The number of ether oxygens (including phenoxy) is 2. The van der Waals surface area contributed by atoms with E-state index < -0.39 is 5.97 Å². The van der Waals surface area contributed by atoms with E-state index in [9.17, 15) is 9.59 Å². The van der Waals surface area contributed by atoms with E-state index >= 15 is 0 Å². The summed E-state index contributed by atoms with van der Waals surface area (Å²) in [5.74, 6) is 0.336. The minimum Gasteiger partial charge on any atom is -0.478 e. The van der Waals surface area contributed by atoms with Crippen molar-refractivity contribution in [1.29, 1.82) is 0 Å². The third-order valence-electron chi connectivity index (χ3n) is 4.22. The van der Waals surface area contributed by atoms with Gasteiger partial charge in [0.2, 0.25) is 6.79 Å². The summed E-state index contributed by atoms with van der Waals surface area (Å²) < 4.78 is 10.6. The van der Waals surface area contributed by atoms with Crippen molar-refractivity contribution in [3.63, 3.8) is 0 Å². The predicted octanol–water partition coefficient (Wildman–Crippen LogP) is 2.74. The van der Waals surface area contributed by atoms with Gasteiger partial charge >= 0.3 is 5.97 Å². The van der Waals surface area contributed by atoms with E-state index in [0.717, 1.165) is 17.1 Å². The smallest absolute Gasteiger partial charge is 0.335 e. The summed E-state index contributed by atoms with van der Waals surface area (Å²) in [6, 6.07) is 10.3. The first kappa shape index (κ1) is 16.8. The lowest BCUT2D eigenvalue weighted by Gasteiger charge is -2.18. The van der Waals surface area contributed by atoms with E-state index in [1.54, 1.807) is 24.9 Å². The number of carboxylic acids is 1. The lowest BCUT2D eigenvalue weighted by atomic mass is 10.0. The Balaban J connectivity index is 1.65. The zero-order valence-electron chi connectivity index (χ0n) is 14.1. The standard InChI is InChI=1S/C19H19NO5/c1-12-9-14(19(22)23)4-5-15(12)18(21)20(2)8-7-13-3-6-16-17(10-13)25-11-24-16/h3-6,9-10H,7-8,11H2,1-2H3,(H,22,23). The van der Waals surface area contributed by atoms with Crippen LogP contribution in [-0.2, 0) is 6.42 Å². The fraction of sp³-hybridized carbons (Fsp3) is 0.263. The van der Waals surface area contributed by atoms with Crippen molar-refractivity contribution in [1.82, 2.24) is 4.90 Å². The van der Waals surface area contributed by atoms with Gasteiger partial charge in [0.1, 0.15) is 0 Å². The molecule has 0 aromatic heterocycles. The molecule has 0 bridgehead atoms. The van der Waals surface area contributed by atoms with E-state index in [2.05, 4.69) is 0 Å². The summed E-state index contributed by atoms with van der Waals surface area (Å²) in [6.45, 7) is 2.52. The lowest BCUT2D eigenvalue weighted by Crippen LogP contribution is -2.29. The van der Waals surface area contributed by atoms with Crippen molar-refractivity contribution in [2.75, 3.05) is 20.4 Å². The van der Waals surface area contributed by atoms with Gasteiger partial charge in [-0.2, -0.15) is 0 Å². The van der Waals surface area contributed by atoms with Crippen molar-refractivity contribution in [3.05, 3.63) is 58.7 Å². The molecule has 130 valence electrons. The third kappa shape index (κ3) is 3.57. The summed E-state index contributed by atoms with van der Waals surface area (Å²) in [5.41, 5.74) is 2.40. The summed E-state index contributed by atoms with van der Waals surface area (Å²) >= 11 is 0. The molecule has 0 saturated heterocycles. The maximum absolute atomic E-state index is 12.6. The minimum atomic E-state index is -1.00. The Labute approximate surface area is 145 Å². The zero-order chi connectivity index (χ0) is 18.0. The number of hydrogen-bond donors (Lipinski definition) is 1. The van der Waals surface area contributed by atoms with Gasteiger partial charge in [-0.25, -0.2) is 4.79 Å². The van der Waals surface area contributed by atoms with Gasteiger partial charge in [0, 0.05) is 19.2 Å². The quantitative estimate of drug-likeness (QED) is 0.905. The molecule has 1 N–H and O–H groups in total. The number of amides is 1. The number of carbonyl (C=O) groups excluding carboxylic acids is 1. The number of rotatable bonds is 5. The van der Waals surface area contributed by atoms with E-state index in [0.29, 0.717) is 24.1 Å². The monoisotopic (exact) mass is 341 g/mol. The first-order valence-corrected chi connectivity index (χ1v) is 7.93. The van der Waals surface area contributed by atoms with Crippen LogP contribution in [-0.4, -0.2) is 42.3 Å². The topological polar surface area (TPSA) is 76.1 Å². The molecule has 0 spiro atoms. The second kappa shape index (κ2) is 6.84. The highest BCUT2D eigenvalue weighted by Gasteiger charge is 2.17. The van der Waals surface area contributed by atoms with Gasteiger partial charge in [-0.1, -0.05) is 6.07 Å². The van der Waals surface area contributed by atoms with Crippen LogP contribution in [0.5, 0.6) is 11.5 Å². The Morgan fingerprint density at radius 2 is 1.88 bits per heavy atom. The molecule has 0 aliphatic carbocycles. The Morgan fingerprint density at radius 1 is 1.12 bits per heavy atom. The van der Waals surface area contributed by atoms with Crippen LogP contribution >= 0.6 is 0 Å². The number of carbonyl (C=O) groups is 2. The predicted molar refractivity (Wildman–Crippen MR) is 91.4 cm³/mol. The van der Waals surface area contributed by atoms with E-state index in [1.807, 2.05) is 18.2 Å². The molecule has 0 fully saturated rings. The highest BCUT2D eigenvalue weighted by molar-refractivity contribution is 5.97. The number of benzene rings is 2. The number of carboxylic acid groups (broad SMARTS) is 1. The van der Waals surface area contributed by atoms with Gasteiger partial charge < -0.3 is 19.5 Å². The molecule has 1 amide bonds. The number of likely N-dealkylation sites (N-methyl/N-ethyl adjacent to an activating group) is 1. The molecule has 0 unspecified atom stereocenters. The van der Waals surface area contributed by atoms with E-state index in [1.165, 1.54) is 12.1 Å². The second-order valence-corrected chi connectivity index (χ2v) is 6.00. The Hall–Kier alpha value is -3.02. The summed E-state index contributed by atoms with van der Waals surface area (Å²) in [5, 5.41) is 9.01. The SMILES string of the molecule is Cc1cc(C(=O)O)ccc1C(=O)N(C)CCc1ccc2c(c1)OCO2. The molecule has 0 radical (unpaired) electrons. The first-order chi connectivity index (χ1) is 12.0. The van der Waals surface area contributed by atoms with Crippen LogP contribution in [0.3, 0.4) is 0 Å². The molecule has 1 heterocycles.